The molecule has 2 aliphatic heterocycles. The first kappa shape index (κ1) is 17.7. The maximum absolute atomic E-state index is 12.6. The third-order valence-electron chi connectivity index (χ3n) is 6.28. The fourth-order valence-corrected chi connectivity index (χ4v) is 5.48. The molecule has 0 fully saturated rings. The average molecular weight is 435 g/mol. The van der Waals surface area contributed by atoms with Gasteiger partial charge in [0.2, 0.25) is 0 Å². The molecule has 8 heteroatoms. The fourth-order valence-electron chi connectivity index (χ4n) is 5.00. The van der Waals surface area contributed by atoms with Crippen molar-refractivity contribution in [1.29, 1.82) is 0 Å². The second-order valence-corrected chi connectivity index (χ2v) is 8.39. The first-order chi connectivity index (χ1) is 15.5. The van der Waals surface area contributed by atoms with Crippen LogP contribution in [0.5, 0.6) is 0 Å². The highest BCUT2D eigenvalue weighted by Gasteiger charge is 2.31. The Morgan fingerprint density at radius 1 is 0.438 bits per heavy atom. The molecule has 7 rings (SSSR count). The van der Waals surface area contributed by atoms with Crippen molar-refractivity contribution in [2.45, 2.75) is 0 Å². The molecule has 0 atom stereocenters. The van der Waals surface area contributed by atoms with Gasteiger partial charge in [0, 0.05) is 10.8 Å². The lowest BCUT2D eigenvalue weighted by Gasteiger charge is -2.22. The van der Waals surface area contributed by atoms with Gasteiger partial charge in [0.25, 0.3) is 0 Å². The van der Waals surface area contributed by atoms with Crippen LogP contribution in [0.2, 0.25) is 0 Å². The standard InChI is InChI=1S/C24H10O7.Al/c25-21(26)13-5-1-9-11-3-7-15-20-16(24(30)31-23(15)29)8-4-12(18(11)20)10-2-6-14(22(27)28)19(13)17(9)10;/h1-8H,(H,25,26)(H,27,28);/q;+2/p-2. The molecule has 0 saturated heterocycles. The van der Waals surface area contributed by atoms with Crippen LogP contribution < -0.4 is 0 Å². The molecule has 32 heavy (non-hydrogen) atoms. The van der Waals surface area contributed by atoms with Crippen molar-refractivity contribution in [2.75, 3.05) is 0 Å². The molecule has 0 N–H and O–H groups in total. The van der Waals surface area contributed by atoms with E-state index < -0.39 is 39.8 Å². The van der Waals surface area contributed by atoms with E-state index in [1.807, 2.05) is 12.1 Å². The summed E-state index contributed by atoms with van der Waals surface area (Å²) >= 11 is -1.23. The Kier molecular flexibility index (Phi) is 3.22. The van der Waals surface area contributed by atoms with Gasteiger partial charge in [-0.3, -0.25) is 0 Å². The molecule has 0 amide bonds. The molecule has 2 aliphatic rings. The summed E-state index contributed by atoms with van der Waals surface area (Å²) in [6.07, 6.45) is 0. The van der Waals surface area contributed by atoms with Crippen LogP contribution in [0.3, 0.4) is 0 Å². The molecule has 0 aliphatic carbocycles. The Hall–Kier alpha value is -3.99. The number of carbonyl (C=O) groups excluding carboxylic acids is 4. The number of cyclic esters (lactones) is 2. The zero-order valence-electron chi connectivity index (χ0n) is 16.1. The van der Waals surface area contributed by atoms with Gasteiger partial charge in [0.15, 0.2) is 0 Å². The van der Waals surface area contributed by atoms with Crippen molar-refractivity contribution in [2.24, 2.45) is 0 Å². The lowest BCUT2D eigenvalue weighted by molar-refractivity contribution is 0.0389. The number of hydrogen-bond acceptors (Lipinski definition) is 7. The molecular weight excluding hydrogens is 427 g/mol. The van der Waals surface area contributed by atoms with Crippen LogP contribution in [0.25, 0.3) is 43.1 Å². The Balaban J connectivity index is 1.78. The molecule has 0 aromatic heterocycles. The number of hydrogen-bond donors (Lipinski definition) is 0. The van der Waals surface area contributed by atoms with Gasteiger partial charge in [0.1, 0.15) is 0 Å². The van der Waals surface area contributed by atoms with E-state index in [4.69, 9.17) is 12.3 Å². The number of rotatable bonds is 0. The molecule has 1 radical (unpaired) electrons. The van der Waals surface area contributed by atoms with Crippen molar-refractivity contribution in [1.82, 2.24) is 0 Å². The molecule has 5 aromatic rings. The van der Waals surface area contributed by atoms with Gasteiger partial charge < -0.3 is 12.3 Å². The number of carbonyl (C=O) groups is 4. The molecule has 149 valence electrons. The third kappa shape index (κ3) is 2.01. The maximum Gasteiger partial charge on any atom is 0.886 e. The van der Waals surface area contributed by atoms with E-state index >= 15 is 0 Å². The normalized spacial score (nSPS) is 15.5. The summed E-state index contributed by atoms with van der Waals surface area (Å²) in [5.74, 6) is -2.44. The smallest absolute Gasteiger partial charge is 0.586 e. The molecule has 5 aromatic carbocycles. The Bertz CT molecular complexity index is 1630. The lowest BCUT2D eigenvalue weighted by Crippen LogP contribution is -2.21. The van der Waals surface area contributed by atoms with Crippen LogP contribution in [0, 0.1) is 0 Å². The Labute approximate surface area is 185 Å². The third-order valence-corrected chi connectivity index (χ3v) is 6.90. The Morgan fingerprint density at radius 3 is 1.16 bits per heavy atom. The van der Waals surface area contributed by atoms with Gasteiger partial charge >= 0.3 is 39.8 Å². The average Bonchev–Trinajstić information content (AvgIpc) is 2.79. The van der Waals surface area contributed by atoms with Gasteiger partial charge in [-0.05, 0) is 56.6 Å². The summed E-state index contributed by atoms with van der Waals surface area (Å²) < 4.78 is 15.2. The van der Waals surface area contributed by atoms with Gasteiger partial charge in [-0.2, -0.15) is 0 Å². The number of esters is 2. The predicted octanol–water partition coefficient (Wildman–Crippen LogP) is 3.91. The van der Waals surface area contributed by atoms with Crippen LogP contribution >= 0.6 is 0 Å². The quantitative estimate of drug-likeness (QED) is 0.120. The van der Waals surface area contributed by atoms with Gasteiger partial charge in [-0.25, -0.2) is 19.2 Å². The zero-order chi connectivity index (χ0) is 21.7. The van der Waals surface area contributed by atoms with Gasteiger partial charge in [-0.1, -0.05) is 24.3 Å². The molecule has 0 bridgehead atoms. The second kappa shape index (κ2) is 5.83. The summed E-state index contributed by atoms with van der Waals surface area (Å²) in [5.41, 5.74) is 1.27. The minimum Gasteiger partial charge on any atom is -0.586 e. The monoisotopic (exact) mass is 435 g/mol. The summed E-state index contributed by atoms with van der Waals surface area (Å²) in [4.78, 5) is 50.1. The highest BCUT2D eigenvalue weighted by Crippen LogP contribution is 2.45. The molecule has 0 saturated carbocycles. The summed E-state index contributed by atoms with van der Waals surface area (Å²) in [6, 6.07) is 13.8. The predicted molar refractivity (Wildman–Crippen MR) is 114 cm³/mol. The van der Waals surface area contributed by atoms with E-state index in [1.54, 1.807) is 36.4 Å². The highest BCUT2D eigenvalue weighted by molar-refractivity contribution is 6.40. The fraction of sp³-hybridized carbons (Fsp3) is 0. The molecule has 0 unspecified atom stereocenters. The molecule has 2 heterocycles. The first-order valence-electron chi connectivity index (χ1n) is 9.75. The zero-order valence-corrected chi connectivity index (χ0v) is 17.2. The van der Waals surface area contributed by atoms with Crippen LogP contribution in [-0.2, 0) is 12.3 Å². The van der Waals surface area contributed by atoms with Crippen molar-refractivity contribution in [3.8, 4) is 0 Å². The van der Waals surface area contributed by atoms with Crippen LogP contribution in [0.1, 0.15) is 41.4 Å². The molecule has 0 spiro atoms. The summed E-state index contributed by atoms with van der Waals surface area (Å²) in [7, 11) is 0. The number of fused-ring (bicyclic) bond motifs is 2. The number of ether oxygens (including phenoxy) is 1. The SMILES string of the molecule is O=C1[O][Al][O]C(=O)c2ccc3c4ccc5c6c(ccc(c7ccc1c2c73)c64)C(=O)OC5=O. The minimum absolute atomic E-state index is 0.303. The summed E-state index contributed by atoms with van der Waals surface area (Å²) in [6.45, 7) is 0. The lowest BCUT2D eigenvalue weighted by atomic mass is 9.84. The topological polar surface area (TPSA) is 96.0 Å². The van der Waals surface area contributed by atoms with Crippen LogP contribution in [0.4, 0.5) is 0 Å². The van der Waals surface area contributed by atoms with E-state index in [-0.39, 0.29) is 0 Å². The van der Waals surface area contributed by atoms with E-state index in [0.717, 1.165) is 32.3 Å². The van der Waals surface area contributed by atoms with Gasteiger partial charge in [-0.15, -0.1) is 0 Å². The largest absolute Gasteiger partial charge is 0.886 e. The summed E-state index contributed by atoms with van der Waals surface area (Å²) in [5, 5.41) is 5.70. The van der Waals surface area contributed by atoms with Crippen molar-refractivity contribution < 1.29 is 31.5 Å². The van der Waals surface area contributed by atoms with Gasteiger partial charge in [0.05, 0.1) is 22.3 Å². The van der Waals surface area contributed by atoms with E-state index in [9.17, 15) is 19.2 Å². The van der Waals surface area contributed by atoms with E-state index in [1.165, 1.54) is 0 Å². The Morgan fingerprint density at radius 2 is 0.781 bits per heavy atom. The second-order valence-electron chi connectivity index (χ2n) is 7.73. The molecular formula is C24H8AlO7. The van der Waals surface area contributed by atoms with Crippen molar-refractivity contribution in [3.05, 3.63) is 70.8 Å². The maximum atomic E-state index is 12.6. The van der Waals surface area contributed by atoms with E-state index in [0.29, 0.717) is 33.0 Å². The minimum atomic E-state index is -1.23. The van der Waals surface area contributed by atoms with E-state index in [2.05, 4.69) is 0 Å². The highest BCUT2D eigenvalue weighted by atomic mass is 27.2. The van der Waals surface area contributed by atoms with Crippen LogP contribution in [-0.4, -0.2) is 39.8 Å². The number of benzene rings is 5. The first-order valence-corrected chi connectivity index (χ1v) is 10.7. The van der Waals surface area contributed by atoms with Crippen molar-refractivity contribution >= 4 is 82.9 Å². The van der Waals surface area contributed by atoms with Crippen molar-refractivity contribution in [3.63, 3.8) is 0 Å². The van der Waals surface area contributed by atoms with Crippen LogP contribution in [0.15, 0.2) is 48.5 Å². The molecule has 7 nitrogen and oxygen atoms in total.